The molecule has 3 heterocycles. The highest BCUT2D eigenvalue weighted by Gasteiger charge is 2.37. The monoisotopic (exact) mass is 545 g/mol. The van der Waals surface area contributed by atoms with Crippen LogP contribution in [0.3, 0.4) is 0 Å². The number of nitrogens with one attached hydrogen (secondary N) is 1. The van der Waals surface area contributed by atoms with E-state index in [1.54, 1.807) is 6.20 Å². The van der Waals surface area contributed by atoms with Gasteiger partial charge in [-0.25, -0.2) is 4.79 Å². The number of hydrogen-bond donors (Lipinski definition) is 2. The Kier molecular flexibility index (Phi) is 6.41. The predicted molar refractivity (Wildman–Crippen MR) is 109 cm³/mol. The Morgan fingerprint density at radius 1 is 1.32 bits per heavy atom. The van der Waals surface area contributed by atoms with E-state index in [9.17, 15) is 27.9 Å². The number of benzene rings is 1. The molecular formula is C18H15BrF3N7O5. The lowest BCUT2D eigenvalue weighted by Crippen LogP contribution is -2.39. The Hall–Kier alpha value is -3.69. The minimum atomic E-state index is -4.89. The van der Waals surface area contributed by atoms with Gasteiger partial charge in [-0.1, -0.05) is 5.21 Å². The van der Waals surface area contributed by atoms with E-state index >= 15 is 0 Å². The Balaban J connectivity index is 1.45. The maximum Gasteiger partial charge on any atom is 0.573 e. The summed E-state index contributed by atoms with van der Waals surface area (Å²) in [5.41, 5.74) is 0.0825. The topological polar surface area (TPSA) is 148 Å². The lowest BCUT2D eigenvalue weighted by Gasteiger charge is -2.20. The first-order valence-corrected chi connectivity index (χ1v) is 10.4. The van der Waals surface area contributed by atoms with Gasteiger partial charge in [0.2, 0.25) is 5.89 Å². The molecule has 16 heteroatoms. The molecule has 4 rings (SSSR count). The summed E-state index contributed by atoms with van der Waals surface area (Å²) in [6, 6.07) is 2.44. The fraction of sp³-hybridized carbons (Fsp3) is 0.333. The Labute approximate surface area is 196 Å². The van der Waals surface area contributed by atoms with Crippen molar-refractivity contribution in [2.24, 2.45) is 0 Å². The van der Waals surface area contributed by atoms with Crippen LogP contribution < -0.4 is 10.1 Å². The largest absolute Gasteiger partial charge is 0.573 e. The van der Waals surface area contributed by atoms with Gasteiger partial charge in [-0.05, 0) is 40.5 Å². The number of amides is 2. The molecule has 3 aromatic rings. The normalized spacial score (nSPS) is 18.2. The number of carbonyl (C=O) groups excluding carboxylic acids is 1. The van der Waals surface area contributed by atoms with Gasteiger partial charge in [0.25, 0.3) is 0 Å². The number of rotatable bonds is 6. The van der Waals surface area contributed by atoms with Crippen molar-refractivity contribution < 1.29 is 37.0 Å². The van der Waals surface area contributed by atoms with Gasteiger partial charge in [-0.15, -0.1) is 28.5 Å². The van der Waals surface area contributed by atoms with Crippen LogP contribution in [0.2, 0.25) is 0 Å². The molecule has 0 radical (unpaired) electrons. The summed E-state index contributed by atoms with van der Waals surface area (Å²) in [5.74, 6) is -1.92. The molecule has 0 spiro atoms. The number of carboxylic acid groups (broad SMARTS) is 1. The van der Waals surface area contributed by atoms with Gasteiger partial charge >= 0.3 is 24.3 Å². The zero-order chi connectivity index (χ0) is 24.5. The van der Waals surface area contributed by atoms with Crippen LogP contribution >= 0.6 is 15.9 Å². The average molecular weight is 546 g/mol. The third-order valence-corrected chi connectivity index (χ3v) is 5.58. The summed E-state index contributed by atoms with van der Waals surface area (Å²) in [6.45, 7) is 0.289. The molecule has 1 saturated heterocycles. The fourth-order valence-electron chi connectivity index (χ4n) is 3.51. The van der Waals surface area contributed by atoms with E-state index in [4.69, 9.17) is 4.42 Å². The maximum atomic E-state index is 12.6. The molecule has 2 N–H and O–H groups in total. The first-order chi connectivity index (χ1) is 16.1. The van der Waals surface area contributed by atoms with Crippen LogP contribution in [0.25, 0.3) is 11.5 Å². The fourth-order valence-corrected chi connectivity index (χ4v) is 3.93. The Morgan fingerprint density at radius 3 is 2.79 bits per heavy atom. The van der Waals surface area contributed by atoms with E-state index in [2.05, 4.69) is 46.5 Å². The second-order valence-electron chi connectivity index (χ2n) is 7.22. The zero-order valence-electron chi connectivity index (χ0n) is 16.9. The van der Waals surface area contributed by atoms with E-state index in [0.29, 0.717) is 10.9 Å². The molecule has 1 aliphatic rings. The number of aromatic nitrogens is 5. The molecule has 1 fully saturated rings. The zero-order valence-corrected chi connectivity index (χ0v) is 18.5. The van der Waals surface area contributed by atoms with Crippen LogP contribution in [-0.2, 0) is 6.54 Å². The van der Waals surface area contributed by atoms with Crippen molar-refractivity contribution in [3.05, 3.63) is 41.0 Å². The molecule has 1 aromatic carbocycles. The van der Waals surface area contributed by atoms with E-state index in [1.165, 1.54) is 21.8 Å². The van der Waals surface area contributed by atoms with E-state index in [-0.39, 0.29) is 24.5 Å². The summed E-state index contributed by atoms with van der Waals surface area (Å²) in [6.07, 6.45) is -2.66. The molecular weight excluding hydrogens is 531 g/mol. The highest BCUT2D eigenvalue weighted by molar-refractivity contribution is 9.10. The van der Waals surface area contributed by atoms with Gasteiger partial charge in [0.05, 0.1) is 24.3 Å². The van der Waals surface area contributed by atoms with Gasteiger partial charge in [-0.2, -0.15) is 0 Å². The summed E-state index contributed by atoms with van der Waals surface area (Å²) in [5, 5.41) is 27.0. The van der Waals surface area contributed by atoms with Gasteiger partial charge < -0.3 is 24.5 Å². The van der Waals surface area contributed by atoms with Crippen LogP contribution in [0.15, 0.2) is 39.5 Å². The molecule has 180 valence electrons. The Bertz CT molecular complexity index is 1190. The molecule has 2 amide bonds. The number of nitrogens with zero attached hydrogens (tertiary/aromatic N) is 6. The number of hydrogen-bond acceptors (Lipinski definition) is 8. The van der Waals surface area contributed by atoms with Crippen LogP contribution in [-0.4, -0.2) is 72.2 Å². The van der Waals surface area contributed by atoms with E-state index < -0.39 is 42.1 Å². The molecule has 2 aromatic heterocycles. The Morgan fingerprint density at radius 2 is 2.12 bits per heavy atom. The van der Waals surface area contributed by atoms with Crippen molar-refractivity contribution in [3.63, 3.8) is 0 Å². The first-order valence-electron chi connectivity index (χ1n) is 9.63. The van der Waals surface area contributed by atoms with Crippen molar-refractivity contribution in [1.29, 1.82) is 0 Å². The molecule has 0 saturated carbocycles. The van der Waals surface area contributed by atoms with E-state index in [1.807, 2.05) is 0 Å². The summed E-state index contributed by atoms with van der Waals surface area (Å²) in [4.78, 5) is 25.4. The number of likely N-dealkylation sites (tertiary alicyclic amines) is 1. The lowest BCUT2D eigenvalue weighted by atomic mass is 10.1. The SMILES string of the molecule is O=C(NC1CC(Cn2ccnn2)N(C(=O)O)C1)c1nnc(-c2cc(OC(F)(F)F)ccc2Br)o1. The van der Waals surface area contributed by atoms with Crippen molar-refractivity contribution >= 4 is 27.9 Å². The maximum absolute atomic E-state index is 12.6. The second kappa shape index (κ2) is 9.28. The van der Waals surface area contributed by atoms with E-state index in [0.717, 1.165) is 12.1 Å². The molecule has 2 atom stereocenters. The molecule has 0 aliphatic carbocycles. The van der Waals surface area contributed by atoms with Crippen molar-refractivity contribution in [2.45, 2.75) is 31.4 Å². The third kappa shape index (κ3) is 5.44. The lowest BCUT2D eigenvalue weighted by molar-refractivity contribution is -0.274. The minimum Gasteiger partial charge on any atom is -0.465 e. The highest BCUT2D eigenvalue weighted by atomic mass is 79.9. The standard InChI is InChI=1S/C18H15BrF3N7O5/c19-13-2-1-11(34-18(20,21)22)6-12(13)15-25-26-16(33-15)14(30)24-9-5-10(29(7-9)17(31)32)8-28-4-3-23-27-28/h1-4,6,9-10H,5,7-8H2,(H,24,30)(H,31,32). The summed E-state index contributed by atoms with van der Waals surface area (Å²) < 4.78 is 48.6. The van der Waals surface area contributed by atoms with Crippen molar-refractivity contribution in [2.75, 3.05) is 6.54 Å². The number of carbonyl (C=O) groups is 2. The summed E-state index contributed by atoms with van der Waals surface area (Å²) in [7, 11) is 0. The number of alkyl halides is 3. The molecule has 34 heavy (non-hydrogen) atoms. The molecule has 1 aliphatic heterocycles. The summed E-state index contributed by atoms with van der Waals surface area (Å²) >= 11 is 3.18. The van der Waals surface area contributed by atoms with Gasteiger partial charge in [0.15, 0.2) is 0 Å². The van der Waals surface area contributed by atoms with Gasteiger partial charge in [0.1, 0.15) is 5.75 Å². The van der Waals surface area contributed by atoms with Crippen LogP contribution in [0.4, 0.5) is 18.0 Å². The average Bonchev–Trinajstić information content (AvgIpc) is 3.50. The molecule has 0 bridgehead atoms. The number of halogens is 4. The van der Waals surface area contributed by atoms with Crippen LogP contribution in [0, 0.1) is 0 Å². The van der Waals surface area contributed by atoms with Gasteiger partial charge in [0, 0.05) is 23.3 Å². The molecule has 2 unspecified atom stereocenters. The smallest absolute Gasteiger partial charge is 0.465 e. The minimum absolute atomic E-state index is 0.0316. The third-order valence-electron chi connectivity index (χ3n) is 4.89. The quantitative estimate of drug-likeness (QED) is 0.476. The van der Waals surface area contributed by atoms with Crippen LogP contribution in [0.5, 0.6) is 5.75 Å². The number of ether oxygens (including phenoxy) is 1. The van der Waals surface area contributed by atoms with Crippen LogP contribution in [0.1, 0.15) is 17.1 Å². The van der Waals surface area contributed by atoms with Gasteiger partial charge in [-0.3, -0.25) is 9.48 Å². The molecule has 12 nitrogen and oxygen atoms in total. The predicted octanol–water partition coefficient (Wildman–Crippen LogP) is 2.54. The van der Waals surface area contributed by atoms with Crippen molar-refractivity contribution in [3.8, 4) is 17.2 Å². The highest BCUT2D eigenvalue weighted by Crippen LogP contribution is 2.33. The second-order valence-corrected chi connectivity index (χ2v) is 8.08. The first kappa shape index (κ1) is 23.5. The van der Waals surface area contributed by atoms with Crippen molar-refractivity contribution in [1.82, 2.24) is 35.4 Å².